The lowest BCUT2D eigenvalue weighted by atomic mass is 10.0. The largest absolute Gasteiger partial charge is 0.457 e. The first-order valence-electron chi connectivity index (χ1n) is 10.3. The summed E-state index contributed by atoms with van der Waals surface area (Å²) in [4.78, 5) is 47.7. The minimum atomic E-state index is -2.31. The summed E-state index contributed by atoms with van der Waals surface area (Å²) in [6.45, 7) is 19.3. The minimum Gasteiger partial charge on any atom is -0.457 e. The molecular formula is C21H39NO8Si. The monoisotopic (exact) mass is 461 g/mol. The molecule has 0 aliphatic rings. The van der Waals surface area contributed by atoms with Crippen molar-refractivity contribution in [1.29, 1.82) is 0 Å². The molecule has 1 N–H and O–H groups in total. The highest BCUT2D eigenvalue weighted by molar-refractivity contribution is 6.74. The molecule has 0 aromatic carbocycles. The van der Waals surface area contributed by atoms with Gasteiger partial charge in [-0.25, -0.2) is 4.79 Å². The van der Waals surface area contributed by atoms with Crippen LogP contribution in [0.4, 0.5) is 4.79 Å². The number of hydrogen-bond acceptors (Lipinski definition) is 8. The van der Waals surface area contributed by atoms with Gasteiger partial charge in [0.25, 0.3) is 0 Å². The number of carbonyl (C=O) groups is 4. The zero-order chi connectivity index (χ0) is 24.8. The summed E-state index contributed by atoms with van der Waals surface area (Å²) in [5.74, 6) is -1.37. The van der Waals surface area contributed by atoms with Crippen LogP contribution in [0.5, 0.6) is 0 Å². The van der Waals surface area contributed by atoms with Crippen molar-refractivity contribution in [3.8, 4) is 0 Å². The molecule has 0 aromatic heterocycles. The van der Waals surface area contributed by atoms with E-state index >= 15 is 0 Å². The van der Waals surface area contributed by atoms with Gasteiger partial charge in [-0.1, -0.05) is 20.8 Å². The van der Waals surface area contributed by atoms with Gasteiger partial charge in [0.2, 0.25) is 0 Å². The van der Waals surface area contributed by atoms with Crippen LogP contribution in [-0.4, -0.2) is 62.6 Å². The molecule has 0 fully saturated rings. The quantitative estimate of drug-likeness (QED) is 0.240. The Hall–Kier alpha value is -1.94. The molecule has 31 heavy (non-hydrogen) atoms. The number of esters is 2. The Morgan fingerprint density at radius 3 is 1.77 bits per heavy atom. The van der Waals surface area contributed by atoms with E-state index in [2.05, 4.69) is 26.1 Å². The molecule has 10 heteroatoms. The smallest absolute Gasteiger partial charge is 0.408 e. The fourth-order valence-corrected chi connectivity index (χ4v) is 3.95. The number of ether oxygens (including phenoxy) is 3. The molecule has 0 aromatic rings. The van der Waals surface area contributed by atoms with E-state index in [1.807, 2.05) is 13.1 Å². The summed E-state index contributed by atoms with van der Waals surface area (Å²) < 4.78 is 22.2. The highest BCUT2D eigenvalue weighted by Crippen LogP contribution is 2.38. The molecule has 0 heterocycles. The molecule has 0 bridgehead atoms. The normalized spacial score (nSPS) is 16.4. The Labute approximate surface area is 186 Å². The maximum Gasteiger partial charge on any atom is 0.408 e. The van der Waals surface area contributed by atoms with Gasteiger partial charge in [0.05, 0.1) is 6.10 Å². The van der Waals surface area contributed by atoms with Crippen molar-refractivity contribution in [3.05, 3.63) is 0 Å². The van der Waals surface area contributed by atoms with E-state index in [4.69, 9.17) is 18.6 Å². The summed E-state index contributed by atoms with van der Waals surface area (Å²) in [6.07, 6.45) is -3.73. The van der Waals surface area contributed by atoms with Crippen molar-refractivity contribution in [2.75, 3.05) is 0 Å². The van der Waals surface area contributed by atoms with E-state index in [1.54, 1.807) is 27.7 Å². The molecule has 0 saturated carbocycles. The zero-order valence-corrected chi connectivity index (χ0v) is 21.7. The van der Waals surface area contributed by atoms with E-state index in [1.165, 1.54) is 6.92 Å². The second kappa shape index (κ2) is 11.1. The number of carbonyl (C=O) groups excluding carboxylic acids is 4. The minimum absolute atomic E-state index is 0.143. The lowest BCUT2D eigenvalue weighted by Gasteiger charge is -2.42. The molecule has 180 valence electrons. The van der Waals surface area contributed by atoms with E-state index in [9.17, 15) is 19.2 Å². The lowest BCUT2D eigenvalue weighted by Crippen LogP contribution is -2.60. The summed E-state index contributed by atoms with van der Waals surface area (Å²) in [5.41, 5.74) is -0.813. The van der Waals surface area contributed by atoms with Gasteiger partial charge in [0.15, 0.2) is 26.8 Å². The molecule has 0 rings (SSSR count). The summed E-state index contributed by atoms with van der Waals surface area (Å²) in [6, 6.07) is -1.22. The van der Waals surface area contributed by atoms with Crippen molar-refractivity contribution in [3.63, 3.8) is 0 Å². The first-order chi connectivity index (χ1) is 13.8. The van der Waals surface area contributed by atoms with Gasteiger partial charge in [0, 0.05) is 13.8 Å². The van der Waals surface area contributed by atoms with Gasteiger partial charge in [-0.3, -0.25) is 14.4 Å². The fraction of sp³-hybridized carbons (Fsp3) is 0.810. The molecule has 0 aliphatic heterocycles. The van der Waals surface area contributed by atoms with Crippen LogP contribution in [0.15, 0.2) is 0 Å². The summed E-state index contributed by atoms with van der Waals surface area (Å²) in [7, 11) is -2.31. The second-order valence-corrected chi connectivity index (χ2v) is 14.8. The van der Waals surface area contributed by atoms with Crippen LogP contribution in [-0.2, 0) is 33.0 Å². The van der Waals surface area contributed by atoms with Crippen LogP contribution >= 0.6 is 0 Å². The average molecular weight is 462 g/mol. The van der Waals surface area contributed by atoms with Gasteiger partial charge < -0.3 is 24.0 Å². The second-order valence-electron chi connectivity index (χ2n) is 10.0. The lowest BCUT2D eigenvalue weighted by molar-refractivity contribution is -0.163. The number of amides is 1. The van der Waals surface area contributed by atoms with Gasteiger partial charge >= 0.3 is 18.0 Å². The molecule has 0 spiro atoms. The van der Waals surface area contributed by atoms with E-state index < -0.39 is 56.3 Å². The third-order valence-electron chi connectivity index (χ3n) is 4.88. The van der Waals surface area contributed by atoms with Crippen LogP contribution < -0.4 is 5.32 Å². The van der Waals surface area contributed by atoms with E-state index in [0.29, 0.717) is 6.29 Å². The van der Waals surface area contributed by atoms with Crippen molar-refractivity contribution in [2.24, 2.45) is 0 Å². The topological polar surface area (TPSA) is 117 Å². The van der Waals surface area contributed by atoms with Crippen molar-refractivity contribution in [2.45, 2.75) is 110 Å². The Morgan fingerprint density at radius 1 is 0.935 bits per heavy atom. The molecule has 4 atom stereocenters. The number of hydrogen-bond donors (Lipinski definition) is 1. The van der Waals surface area contributed by atoms with Gasteiger partial charge in [-0.05, 0) is 45.8 Å². The summed E-state index contributed by atoms with van der Waals surface area (Å²) in [5, 5.41) is 2.39. The molecule has 0 unspecified atom stereocenters. The predicted octanol–water partition coefficient (Wildman–Crippen LogP) is 3.35. The van der Waals surface area contributed by atoms with E-state index in [0.717, 1.165) is 6.92 Å². The zero-order valence-electron chi connectivity index (χ0n) is 20.7. The van der Waals surface area contributed by atoms with E-state index in [-0.39, 0.29) is 5.04 Å². The maximum absolute atomic E-state index is 12.5. The van der Waals surface area contributed by atoms with Crippen LogP contribution in [0.1, 0.15) is 62.3 Å². The third-order valence-corrected chi connectivity index (χ3v) is 9.45. The standard InChI is InChI=1S/C21H39NO8Si/c1-13(30-31(10,11)21(7,8)9)18(28-15(3)25)17(16(12-23)27-14(2)24)22-19(26)29-20(4,5)6/h12-13,16-18H,1-11H3,(H,22,26)/t13-,16+,17-,18-/m1/s1. The van der Waals surface area contributed by atoms with Gasteiger partial charge in [0.1, 0.15) is 11.6 Å². The SMILES string of the molecule is CC(=O)O[C@@H]([C@H](NC(=O)OC(C)(C)C)[C@H](C=O)OC(C)=O)[C@@H](C)O[Si](C)(C)C(C)(C)C. The first-order valence-corrected chi connectivity index (χ1v) is 13.2. The Bertz CT molecular complexity index is 651. The van der Waals surface area contributed by atoms with Gasteiger partial charge in [-0.15, -0.1) is 0 Å². The number of nitrogens with one attached hydrogen (secondary N) is 1. The van der Waals surface area contributed by atoms with Crippen molar-refractivity contribution in [1.82, 2.24) is 5.32 Å². The molecule has 9 nitrogen and oxygen atoms in total. The number of aldehydes is 1. The van der Waals surface area contributed by atoms with Crippen LogP contribution in [0.2, 0.25) is 18.1 Å². The molecule has 0 radical (unpaired) electrons. The number of rotatable bonds is 9. The molecule has 1 amide bonds. The highest BCUT2D eigenvalue weighted by Gasteiger charge is 2.45. The van der Waals surface area contributed by atoms with Crippen LogP contribution in [0, 0.1) is 0 Å². The Morgan fingerprint density at radius 2 is 1.42 bits per heavy atom. The number of alkyl carbamates (subject to hydrolysis) is 1. The van der Waals surface area contributed by atoms with Crippen molar-refractivity contribution < 1.29 is 37.8 Å². The maximum atomic E-state index is 12.5. The van der Waals surface area contributed by atoms with Gasteiger partial charge in [-0.2, -0.15) is 0 Å². The van der Waals surface area contributed by atoms with Crippen molar-refractivity contribution >= 4 is 32.6 Å². The Kier molecular flexibility index (Phi) is 10.4. The first kappa shape index (κ1) is 29.1. The van der Waals surface area contributed by atoms with Crippen LogP contribution in [0.3, 0.4) is 0 Å². The highest BCUT2D eigenvalue weighted by atomic mass is 28.4. The molecule has 0 aliphatic carbocycles. The average Bonchev–Trinajstić information content (AvgIpc) is 2.52. The fourth-order valence-electron chi connectivity index (χ4n) is 2.53. The molecular weight excluding hydrogens is 422 g/mol. The predicted molar refractivity (Wildman–Crippen MR) is 118 cm³/mol. The molecule has 0 saturated heterocycles. The summed E-state index contributed by atoms with van der Waals surface area (Å²) >= 11 is 0. The third kappa shape index (κ3) is 10.3. The van der Waals surface area contributed by atoms with Crippen LogP contribution in [0.25, 0.3) is 0 Å². The Balaban J connectivity index is 6.14.